The molecule has 10 heteroatoms. The molecule has 1 saturated heterocycles. The number of amides is 1. The van der Waals surface area contributed by atoms with Crippen LogP contribution < -0.4 is 10.1 Å². The number of ether oxygens (including phenoxy) is 1. The third-order valence-corrected chi connectivity index (χ3v) is 7.14. The molecule has 9 nitrogen and oxygen atoms in total. The Bertz CT molecular complexity index is 943. The van der Waals surface area contributed by atoms with E-state index < -0.39 is 16.1 Å². The van der Waals surface area contributed by atoms with E-state index in [1.165, 1.54) is 16.4 Å². The number of piperidine rings is 1. The van der Waals surface area contributed by atoms with Crippen LogP contribution in [0.15, 0.2) is 29.2 Å². The number of nitrogens with one attached hydrogen (secondary N) is 2. The molecule has 1 aromatic heterocycles. The van der Waals surface area contributed by atoms with Crippen LogP contribution in [0.5, 0.6) is 11.5 Å². The Morgan fingerprint density at radius 3 is 2.45 bits per heavy atom. The van der Waals surface area contributed by atoms with E-state index in [2.05, 4.69) is 15.5 Å². The molecule has 1 aromatic carbocycles. The van der Waals surface area contributed by atoms with Gasteiger partial charge in [0, 0.05) is 19.1 Å². The van der Waals surface area contributed by atoms with Crippen LogP contribution in [-0.4, -0.2) is 59.2 Å². The van der Waals surface area contributed by atoms with Gasteiger partial charge in [0.1, 0.15) is 16.4 Å². The molecule has 3 N–H and O–H groups in total. The second-order valence-electron chi connectivity index (χ2n) is 7.20. The van der Waals surface area contributed by atoms with Crippen LogP contribution >= 0.6 is 0 Å². The van der Waals surface area contributed by atoms with Gasteiger partial charge >= 0.3 is 0 Å². The second kappa shape index (κ2) is 8.42. The largest absolute Gasteiger partial charge is 0.508 e. The number of hydrogen-bond acceptors (Lipinski definition) is 6. The molecule has 2 aromatic rings. The summed E-state index contributed by atoms with van der Waals surface area (Å²) in [7, 11) is -3.61. The lowest BCUT2D eigenvalue weighted by molar-refractivity contribution is -0.128. The molecule has 1 aliphatic rings. The Balaban J connectivity index is 1.54. The first-order chi connectivity index (χ1) is 13.7. The molecule has 0 saturated carbocycles. The zero-order valence-electron chi connectivity index (χ0n) is 16.7. The molecule has 2 heterocycles. The number of phenolic OH excluding ortho intramolecular Hbond substituents is 1. The number of nitrogens with zero attached hydrogens (tertiary/aromatic N) is 2. The van der Waals surface area contributed by atoms with E-state index in [4.69, 9.17) is 4.74 Å². The van der Waals surface area contributed by atoms with Gasteiger partial charge in [0.25, 0.3) is 5.91 Å². The topological polar surface area (TPSA) is 125 Å². The molecular weight excluding hydrogens is 396 g/mol. The summed E-state index contributed by atoms with van der Waals surface area (Å²) >= 11 is 0. The van der Waals surface area contributed by atoms with E-state index in [1.807, 2.05) is 0 Å². The number of benzene rings is 1. The van der Waals surface area contributed by atoms with Crippen molar-refractivity contribution >= 4 is 15.9 Å². The van der Waals surface area contributed by atoms with Crippen molar-refractivity contribution in [2.24, 2.45) is 0 Å². The van der Waals surface area contributed by atoms with Gasteiger partial charge in [0.2, 0.25) is 10.0 Å². The van der Waals surface area contributed by atoms with Gasteiger partial charge in [-0.05, 0) is 57.9 Å². The van der Waals surface area contributed by atoms with Gasteiger partial charge in [-0.15, -0.1) is 0 Å². The van der Waals surface area contributed by atoms with Crippen LogP contribution in [-0.2, 0) is 14.8 Å². The van der Waals surface area contributed by atoms with E-state index in [0.29, 0.717) is 43.1 Å². The molecule has 158 valence electrons. The maximum Gasteiger partial charge on any atom is 0.260 e. The van der Waals surface area contributed by atoms with Crippen LogP contribution in [0.2, 0.25) is 0 Å². The zero-order valence-corrected chi connectivity index (χ0v) is 17.5. The first kappa shape index (κ1) is 21.1. The molecule has 1 amide bonds. The SMILES string of the molecule is Cc1n[nH]c(C)c1S(=O)(=O)N1CCC(NC(=O)C(C)Oc2ccc(O)cc2)CC1. The van der Waals surface area contributed by atoms with Crippen LogP contribution in [0, 0.1) is 13.8 Å². The second-order valence-corrected chi connectivity index (χ2v) is 9.08. The Labute approximate surface area is 170 Å². The standard InChI is InChI=1S/C19H26N4O5S/c1-12-18(13(2)22-21-12)29(26,27)23-10-8-15(9-11-23)20-19(25)14(3)28-17-6-4-16(24)5-7-17/h4-7,14-15,24H,8-11H2,1-3H3,(H,20,25)(H,21,22). The van der Waals surface area contributed by atoms with E-state index >= 15 is 0 Å². The summed E-state index contributed by atoms with van der Waals surface area (Å²) in [5.41, 5.74) is 0.983. The van der Waals surface area contributed by atoms with Gasteiger partial charge in [-0.2, -0.15) is 9.40 Å². The smallest absolute Gasteiger partial charge is 0.260 e. The third kappa shape index (κ3) is 4.70. The molecule has 0 radical (unpaired) electrons. The summed E-state index contributed by atoms with van der Waals surface area (Å²) in [6, 6.07) is 6.02. The van der Waals surface area contributed by atoms with Gasteiger partial charge in [-0.3, -0.25) is 9.89 Å². The van der Waals surface area contributed by atoms with Gasteiger partial charge < -0.3 is 15.2 Å². The predicted octanol–water partition coefficient (Wildman–Crippen LogP) is 1.47. The number of carbonyl (C=O) groups excluding carboxylic acids is 1. The molecule has 0 aliphatic carbocycles. The number of aromatic nitrogens is 2. The Kier molecular flexibility index (Phi) is 6.13. The normalized spacial score (nSPS) is 17.1. The average Bonchev–Trinajstić information content (AvgIpc) is 3.03. The van der Waals surface area contributed by atoms with Gasteiger partial charge in [0.05, 0.1) is 11.4 Å². The lowest BCUT2D eigenvalue weighted by Crippen LogP contribution is -2.49. The van der Waals surface area contributed by atoms with Crippen molar-refractivity contribution in [1.29, 1.82) is 0 Å². The molecule has 1 atom stereocenters. The summed E-state index contributed by atoms with van der Waals surface area (Å²) in [5, 5.41) is 18.9. The van der Waals surface area contributed by atoms with Crippen LogP contribution in [0.1, 0.15) is 31.2 Å². The maximum atomic E-state index is 12.9. The van der Waals surface area contributed by atoms with Crippen molar-refractivity contribution in [3.63, 3.8) is 0 Å². The summed E-state index contributed by atoms with van der Waals surface area (Å²) < 4.78 is 32.8. The van der Waals surface area contributed by atoms with Crippen molar-refractivity contribution in [2.75, 3.05) is 13.1 Å². The molecule has 1 unspecified atom stereocenters. The quantitative estimate of drug-likeness (QED) is 0.647. The minimum atomic E-state index is -3.61. The minimum absolute atomic E-state index is 0.119. The highest BCUT2D eigenvalue weighted by Gasteiger charge is 2.33. The molecule has 0 bridgehead atoms. The van der Waals surface area contributed by atoms with Crippen molar-refractivity contribution in [3.05, 3.63) is 35.7 Å². The van der Waals surface area contributed by atoms with Crippen LogP contribution in [0.25, 0.3) is 0 Å². The fourth-order valence-electron chi connectivity index (χ4n) is 3.39. The van der Waals surface area contributed by atoms with Crippen LogP contribution in [0.3, 0.4) is 0 Å². The molecule has 3 rings (SSSR count). The molecular formula is C19H26N4O5S. The van der Waals surface area contributed by atoms with Crippen molar-refractivity contribution in [1.82, 2.24) is 19.8 Å². The maximum absolute atomic E-state index is 12.9. The van der Waals surface area contributed by atoms with E-state index in [0.717, 1.165) is 0 Å². The van der Waals surface area contributed by atoms with Crippen molar-refractivity contribution < 1.29 is 23.1 Å². The summed E-state index contributed by atoms with van der Waals surface area (Å²) in [6.45, 7) is 5.65. The fourth-order valence-corrected chi connectivity index (χ4v) is 5.19. The highest BCUT2D eigenvalue weighted by Crippen LogP contribution is 2.25. The zero-order chi connectivity index (χ0) is 21.2. The summed E-state index contributed by atoms with van der Waals surface area (Å²) in [5.74, 6) is 0.343. The first-order valence-electron chi connectivity index (χ1n) is 9.46. The number of hydrogen-bond donors (Lipinski definition) is 3. The van der Waals surface area contributed by atoms with Crippen LogP contribution in [0.4, 0.5) is 0 Å². The number of sulfonamides is 1. The lowest BCUT2D eigenvalue weighted by Gasteiger charge is -2.32. The molecule has 1 fully saturated rings. The molecule has 29 heavy (non-hydrogen) atoms. The lowest BCUT2D eigenvalue weighted by atomic mass is 10.1. The number of carbonyl (C=O) groups is 1. The molecule has 0 spiro atoms. The Morgan fingerprint density at radius 1 is 1.28 bits per heavy atom. The summed E-state index contributed by atoms with van der Waals surface area (Å²) in [4.78, 5) is 12.6. The Hall–Kier alpha value is -2.59. The van der Waals surface area contributed by atoms with Crippen molar-refractivity contribution in [2.45, 2.75) is 50.7 Å². The Morgan fingerprint density at radius 2 is 1.90 bits per heavy atom. The number of phenols is 1. The average molecular weight is 423 g/mol. The van der Waals surface area contributed by atoms with Gasteiger partial charge in [-0.25, -0.2) is 8.42 Å². The van der Waals surface area contributed by atoms with Gasteiger partial charge in [0.15, 0.2) is 6.10 Å². The van der Waals surface area contributed by atoms with Gasteiger partial charge in [-0.1, -0.05) is 0 Å². The number of aromatic amines is 1. The molecule has 1 aliphatic heterocycles. The minimum Gasteiger partial charge on any atom is -0.508 e. The van der Waals surface area contributed by atoms with E-state index in [9.17, 15) is 18.3 Å². The highest BCUT2D eigenvalue weighted by atomic mass is 32.2. The summed E-state index contributed by atoms with van der Waals surface area (Å²) in [6.07, 6.45) is 0.331. The number of aryl methyl sites for hydroxylation is 2. The monoisotopic (exact) mass is 422 g/mol. The number of rotatable bonds is 6. The van der Waals surface area contributed by atoms with E-state index in [1.54, 1.807) is 32.9 Å². The van der Waals surface area contributed by atoms with Crippen molar-refractivity contribution in [3.8, 4) is 11.5 Å². The third-order valence-electron chi connectivity index (χ3n) is 4.98. The van der Waals surface area contributed by atoms with E-state index in [-0.39, 0.29) is 22.6 Å². The highest BCUT2D eigenvalue weighted by molar-refractivity contribution is 7.89. The first-order valence-corrected chi connectivity index (χ1v) is 10.9. The predicted molar refractivity (Wildman–Crippen MR) is 106 cm³/mol. The fraction of sp³-hybridized carbons (Fsp3) is 0.474. The number of aromatic hydroxyl groups is 1. The number of H-pyrrole nitrogens is 1.